The number of H-pyrrole nitrogens is 1. The Hall–Kier alpha value is -1.98. The fourth-order valence-electron chi connectivity index (χ4n) is 1.79. The summed E-state index contributed by atoms with van der Waals surface area (Å²) < 4.78 is 38.3. The van der Waals surface area contributed by atoms with Crippen molar-refractivity contribution in [2.24, 2.45) is 0 Å². The van der Waals surface area contributed by atoms with E-state index in [-0.39, 0.29) is 5.56 Å². The molecular formula is C13H14F3N3. The molecular weight excluding hydrogens is 255 g/mol. The van der Waals surface area contributed by atoms with Gasteiger partial charge in [-0.1, -0.05) is 6.07 Å². The summed E-state index contributed by atoms with van der Waals surface area (Å²) in [5, 5.41) is 9.61. The number of nitrogens with one attached hydrogen (secondary N) is 2. The number of aromatic amines is 1. The van der Waals surface area contributed by atoms with Crippen molar-refractivity contribution in [1.29, 1.82) is 0 Å². The lowest BCUT2D eigenvalue weighted by atomic mass is 10.1. The van der Waals surface area contributed by atoms with Gasteiger partial charge in [0.15, 0.2) is 0 Å². The predicted molar refractivity (Wildman–Crippen MR) is 66.8 cm³/mol. The number of anilines is 1. The molecule has 2 rings (SSSR count). The lowest BCUT2D eigenvalue weighted by molar-refractivity contribution is -0.138. The van der Waals surface area contributed by atoms with Gasteiger partial charge in [-0.25, -0.2) is 0 Å². The van der Waals surface area contributed by atoms with Crippen molar-refractivity contribution in [3.8, 4) is 0 Å². The molecule has 0 saturated carbocycles. The molecule has 0 amide bonds. The maximum absolute atomic E-state index is 12.8. The molecule has 2 aromatic rings. The summed E-state index contributed by atoms with van der Waals surface area (Å²) in [6.45, 7) is 3.75. The molecule has 0 aliphatic rings. The second-order valence-electron chi connectivity index (χ2n) is 4.40. The van der Waals surface area contributed by atoms with E-state index in [1.807, 2.05) is 6.92 Å². The molecule has 0 unspecified atom stereocenters. The topological polar surface area (TPSA) is 40.7 Å². The van der Waals surface area contributed by atoms with Gasteiger partial charge < -0.3 is 5.32 Å². The third-order valence-electron chi connectivity index (χ3n) is 2.96. The summed E-state index contributed by atoms with van der Waals surface area (Å²) in [7, 11) is 0. The zero-order valence-electron chi connectivity index (χ0n) is 10.6. The Kier molecular flexibility index (Phi) is 3.50. The standard InChI is InChI=1S/C13H14F3N3/c1-8-3-4-11(5-12(8)13(14,15)16)17-6-10-7-18-19-9(10)2/h3-5,7,17H,6H2,1-2H3,(H,18,19). The van der Waals surface area contributed by atoms with Crippen LogP contribution in [0.2, 0.25) is 0 Å². The van der Waals surface area contributed by atoms with Gasteiger partial charge in [0.25, 0.3) is 0 Å². The van der Waals surface area contributed by atoms with Crippen molar-refractivity contribution >= 4 is 5.69 Å². The molecule has 2 N–H and O–H groups in total. The van der Waals surface area contributed by atoms with Gasteiger partial charge in [-0.15, -0.1) is 0 Å². The lowest BCUT2D eigenvalue weighted by Gasteiger charge is -2.13. The maximum atomic E-state index is 12.8. The minimum atomic E-state index is -4.33. The Balaban J connectivity index is 2.16. The van der Waals surface area contributed by atoms with Crippen molar-refractivity contribution in [2.45, 2.75) is 26.6 Å². The van der Waals surface area contributed by atoms with Crippen LogP contribution in [0.1, 0.15) is 22.4 Å². The molecule has 6 heteroatoms. The molecule has 0 saturated heterocycles. The second kappa shape index (κ2) is 4.95. The molecule has 19 heavy (non-hydrogen) atoms. The number of alkyl halides is 3. The van der Waals surface area contributed by atoms with Crippen molar-refractivity contribution < 1.29 is 13.2 Å². The molecule has 102 valence electrons. The highest BCUT2D eigenvalue weighted by atomic mass is 19.4. The normalized spacial score (nSPS) is 11.6. The monoisotopic (exact) mass is 269 g/mol. The van der Waals surface area contributed by atoms with Gasteiger partial charge >= 0.3 is 6.18 Å². The van der Waals surface area contributed by atoms with E-state index < -0.39 is 11.7 Å². The Labute approximate surface area is 108 Å². The Morgan fingerprint density at radius 1 is 1.26 bits per heavy atom. The van der Waals surface area contributed by atoms with Crippen LogP contribution in [0.5, 0.6) is 0 Å². The van der Waals surface area contributed by atoms with Crippen molar-refractivity contribution in [3.63, 3.8) is 0 Å². The van der Waals surface area contributed by atoms with Crippen LogP contribution >= 0.6 is 0 Å². The lowest BCUT2D eigenvalue weighted by Crippen LogP contribution is -2.09. The van der Waals surface area contributed by atoms with Gasteiger partial charge in [0.2, 0.25) is 0 Å². The predicted octanol–water partition coefficient (Wildman–Crippen LogP) is 3.66. The molecule has 1 aromatic carbocycles. The smallest absolute Gasteiger partial charge is 0.381 e. The first-order valence-electron chi connectivity index (χ1n) is 5.78. The summed E-state index contributed by atoms with van der Waals surface area (Å²) in [4.78, 5) is 0. The molecule has 1 heterocycles. The highest BCUT2D eigenvalue weighted by Crippen LogP contribution is 2.33. The van der Waals surface area contributed by atoms with E-state index in [9.17, 15) is 13.2 Å². The van der Waals surface area contributed by atoms with Crippen molar-refractivity contribution in [3.05, 3.63) is 46.8 Å². The van der Waals surface area contributed by atoms with Gasteiger partial charge in [0.1, 0.15) is 0 Å². The molecule has 0 spiro atoms. The minimum absolute atomic E-state index is 0.220. The molecule has 0 aliphatic carbocycles. The second-order valence-corrected chi connectivity index (χ2v) is 4.40. The summed E-state index contributed by atoms with van der Waals surface area (Å²) >= 11 is 0. The van der Waals surface area contributed by atoms with E-state index in [2.05, 4.69) is 15.5 Å². The third kappa shape index (κ3) is 3.07. The van der Waals surface area contributed by atoms with Crippen LogP contribution in [0.3, 0.4) is 0 Å². The molecule has 0 bridgehead atoms. The minimum Gasteiger partial charge on any atom is -0.381 e. The maximum Gasteiger partial charge on any atom is 0.416 e. The largest absolute Gasteiger partial charge is 0.416 e. The fraction of sp³-hybridized carbons (Fsp3) is 0.308. The van der Waals surface area contributed by atoms with E-state index in [1.54, 1.807) is 12.3 Å². The van der Waals surface area contributed by atoms with E-state index in [0.29, 0.717) is 12.2 Å². The number of aromatic nitrogens is 2. The van der Waals surface area contributed by atoms with Gasteiger partial charge in [-0.05, 0) is 31.5 Å². The van der Waals surface area contributed by atoms with Crippen LogP contribution in [0.25, 0.3) is 0 Å². The number of hydrogen-bond donors (Lipinski definition) is 2. The van der Waals surface area contributed by atoms with Crippen LogP contribution in [-0.4, -0.2) is 10.2 Å². The zero-order chi connectivity index (χ0) is 14.0. The number of benzene rings is 1. The summed E-state index contributed by atoms with van der Waals surface area (Å²) in [6, 6.07) is 4.23. The van der Waals surface area contributed by atoms with Gasteiger partial charge in [0, 0.05) is 23.5 Å². The Morgan fingerprint density at radius 3 is 2.58 bits per heavy atom. The van der Waals surface area contributed by atoms with Gasteiger partial charge in [-0.2, -0.15) is 18.3 Å². The average molecular weight is 269 g/mol. The summed E-state index contributed by atoms with van der Waals surface area (Å²) in [5.41, 5.74) is 1.88. The summed E-state index contributed by atoms with van der Waals surface area (Å²) in [6.07, 6.45) is -2.67. The van der Waals surface area contributed by atoms with Crippen molar-refractivity contribution in [1.82, 2.24) is 10.2 Å². The van der Waals surface area contributed by atoms with Gasteiger partial charge in [-0.3, -0.25) is 5.10 Å². The number of aryl methyl sites for hydroxylation is 2. The Bertz CT molecular complexity index is 573. The number of hydrogen-bond acceptors (Lipinski definition) is 2. The first-order chi connectivity index (χ1) is 8.88. The molecule has 1 aromatic heterocycles. The van der Waals surface area contributed by atoms with Crippen LogP contribution in [0, 0.1) is 13.8 Å². The highest BCUT2D eigenvalue weighted by Gasteiger charge is 2.32. The van der Waals surface area contributed by atoms with E-state index >= 15 is 0 Å². The number of halogens is 3. The average Bonchev–Trinajstić information content (AvgIpc) is 2.72. The first kappa shape index (κ1) is 13.5. The number of rotatable bonds is 3. The molecule has 0 atom stereocenters. The Morgan fingerprint density at radius 2 is 2.00 bits per heavy atom. The van der Waals surface area contributed by atoms with Gasteiger partial charge in [0.05, 0.1) is 11.8 Å². The molecule has 0 fully saturated rings. The molecule has 3 nitrogen and oxygen atoms in total. The quantitative estimate of drug-likeness (QED) is 0.892. The third-order valence-corrected chi connectivity index (χ3v) is 2.96. The molecule has 0 radical (unpaired) electrons. The summed E-state index contributed by atoms with van der Waals surface area (Å²) in [5.74, 6) is 0. The first-order valence-corrected chi connectivity index (χ1v) is 5.78. The van der Waals surface area contributed by atoms with E-state index in [4.69, 9.17) is 0 Å². The fourth-order valence-corrected chi connectivity index (χ4v) is 1.79. The zero-order valence-corrected chi connectivity index (χ0v) is 10.6. The van der Waals surface area contributed by atoms with E-state index in [1.165, 1.54) is 13.0 Å². The van der Waals surface area contributed by atoms with Crippen molar-refractivity contribution in [2.75, 3.05) is 5.32 Å². The highest BCUT2D eigenvalue weighted by molar-refractivity contribution is 5.49. The van der Waals surface area contributed by atoms with Crippen LogP contribution in [0.4, 0.5) is 18.9 Å². The SMILES string of the molecule is Cc1ccc(NCc2cn[nH]c2C)cc1C(F)(F)F. The van der Waals surface area contributed by atoms with E-state index in [0.717, 1.165) is 17.3 Å². The van der Waals surface area contributed by atoms with Crippen LogP contribution in [-0.2, 0) is 12.7 Å². The number of nitrogens with zero attached hydrogens (tertiary/aromatic N) is 1. The van der Waals surface area contributed by atoms with Crippen LogP contribution < -0.4 is 5.32 Å². The van der Waals surface area contributed by atoms with Crippen LogP contribution in [0.15, 0.2) is 24.4 Å². The molecule has 0 aliphatic heterocycles.